The minimum absolute atomic E-state index is 0.192. The van der Waals surface area contributed by atoms with Crippen molar-refractivity contribution in [2.75, 3.05) is 18.6 Å². The lowest BCUT2D eigenvalue weighted by Gasteiger charge is -2.27. The number of thioether (sulfide) groups is 1. The molecule has 2 rings (SSSR count). The van der Waals surface area contributed by atoms with Crippen LogP contribution < -0.4 is 0 Å². The van der Waals surface area contributed by atoms with E-state index in [0.717, 1.165) is 11.3 Å². The first kappa shape index (κ1) is 13.7. The molecular weight excluding hydrogens is 270 g/mol. The van der Waals surface area contributed by atoms with Gasteiger partial charge in [0.2, 0.25) is 0 Å². The molecule has 1 heterocycles. The van der Waals surface area contributed by atoms with Crippen LogP contribution in [0.3, 0.4) is 0 Å². The van der Waals surface area contributed by atoms with Crippen molar-refractivity contribution < 1.29 is 9.90 Å². The molecule has 1 aromatic rings. The number of likely N-dealkylation sites (N-methyl/N-ethyl adjacent to an activating group) is 1. The van der Waals surface area contributed by atoms with E-state index >= 15 is 0 Å². The zero-order valence-electron chi connectivity index (χ0n) is 10.2. The highest BCUT2D eigenvalue weighted by molar-refractivity contribution is 7.99. The molecular formula is C13H16ClNO2S. The van der Waals surface area contributed by atoms with Gasteiger partial charge in [-0.15, -0.1) is 0 Å². The van der Waals surface area contributed by atoms with E-state index in [1.54, 1.807) is 35.8 Å². The van der Waals surface area contributed by atoms with Gasteiger partial charge in [-0.1, -0.05) is 23.7 Å². The number of amides is 1. The highest BCUT2D eigenvalue weighted by Gasteiger charge is 2.41. The number of rotatable bonds is 3. The molecule has 1 saturated heterocycles. The maximum absolute atomic E-state index is 12.2. The number of hydrogen-bond donors (Lipinski definition) is 1. The fourth-order valence-corrected chi connectivity index (χ4v) is 3.37. The fourth-order valence-electron chi connectivity index (χ4n) is 2.01. The minimum Gasteiger partial charge on any atom is -0.379 e. The Balaban J connectivity index is 2.01. The highest BCUT2D eigenvalue weighted by atomic mass is 35.5. The Kier molecular flexibility index (Phi) is 4.20. The van der Waals surface area contributed by atoms with Crippen molar-refractivity contribution in [1.29, 1.82) is 0 Å². The molecule has 1 aliphatic heterocycles. The van der Waals surface area contributed by atoms with Gasteiger partial charge >= 0.3 is 0 Å². The fraction of sp³-hybridized carbons (Fsp3) is 0.462. The van der Waals surface area contributed by atoms with Crippen LogP contribution in [0.4, 0.5) is 0 Å². The first-order chi connectivity index (χ1) is 8.51. The summed E-state index contributed by atoms with van der Waals surface area (Å²) in [5.74, 6) is 1.15. The van der Waals surface area contributed by atoms with Crippen LogP contribution in [-0.2, 0) is 11.3 Å². The summed E-state index contributed by atoms with van der Waals surface area (Å²) in [6.07, 6.45) is 0.543. The van der Waals surface area contributed by atoms with Gasteiger partial charge in [-0.3, -0.25) is 4.79 Å². The quantitative estimate of drug-likeness (QED) is 0.925. The van der Waals surface area contributed by atoms with E-state index in [1.165, 1.54) is 0 Å². The summed E-state index contributed by atoms with van der Waals surface area (Å²) in [6, 6.07) is 7.38. The second kappa shape index (κ2) is 5.51. The lowest BCUT2D eigenvalue weighted by Crippen LogP contribution is -2.47. The number of halogens is 1. The van der Waals surface area contributed by atoms with Gasteiger partial charge in [0, 0.05) is 24.4 Å². The predicted octanol–water partition coefficient (Wildman–Crippen LogP) is 2.17. The van der Waals surface area contributed by atoms with Gasteiger partial charge in [0.1, 0.15) is 0 Å². The van der Waals surface area contributed by atoms with Crippen LogP contribution in [0.15, 0.2) is 24.3 Å². The lowest BCUT2D eigenvalue weighted by atomic mass is 10.0. The van der Waals surface area contributed by atoms with Crippen molar-refractivity contribution in [3.05, 3.63) is 34.9 Å². The molecule has 1 amide bonds. The Morgan fingerprint density at radius 3 is 2.72 bits per heavy atom. The van der Waals surface area contributed by atoms with Gasteiger partial charge in [0.15, 0.2) is 5.60 Å². The van der Waals surface area contributed by atoms with Crippen LogP contribution in [0.1, 0.15) is 12.0 Å². The number of carbonyl (C=O) groups excluding carboxylic acids is 1. The molecule has 3 nitrogen and oxygen atoms in total. The average molecular weight is 286 g/mol. The largest absolute Gasteiger partial charge is 0.379 e. The SMILES string of the molecule is CN(Cc1ccc(Cl)cc1)C(=O)C1(O)CCSC1. The molecule has 18 heavy (non-hydrogen) atoms. The van der Waals surface area contributed by atoms with Crippen LogP contribution in [0, 0.1) is 0 Å². The van der Waals surface area contributed by atoms with Crippen molar-refractivity contribution in [3.8, 4) is 0 Å². The molecule has 0 radical (unpaired) electrons. The van der Waals surface area contributed by atoms with E-state index in [9.17, 15) is 9.90 Å². The molecule has 5 heteroatoms. The van der Waals surface area contributed by atoms with Crippen molar-refractivity contribution in [1.82, 2.24) is 4.90 Å². The molecule has 0 bridgehead atoms. The summed E-state index contributed by atoms with van der Waals surface area (Å²) in [5.41, 5.74) is -0.171. The van der Waals surface area contributed by atoms with Crippen molar-refractivity contribution in [2.45, 2.75) is 18.6 Å². The smallest absolute Gasteiger partial charge is 0.255 e. The van der Waals surface area contributed by atoms with Gasteiger partial charge in [-0.2, -0.15) is 11.8 Å². The molecule has 1 aromatic carbocycles. The van der Waals surface area contributed by atoms with E-state index in [-0.39, 0.29) is 5.91 Å². The first-order valence-corrected chi connectivity index (χ1v) is 7.35. The molecule has 0 aromatic heterocycles. The van der Waals surface area contributed by atoms with Gasteiger partial charge < -0.3 is 10.0 Å². The van der Waals surface area contributed by atoms with Crippen LogP contribution in [0.25, 0.3) is 0 Å². The number of benzene rings is 1. The summed E-state index contributed by atoms with van der Waals surface area (Å²) in [4.78, 5) is 13.8. The monoisotopic (exact) mass is 285 g/mol. The number of aliphatic hydroxyl groups is 1. The first-order valence-electron chi connectivity index (χ1n) is 5.81. The average Bonchev–Trinajstić information content (AvgIpc) is 2.79. The standard InChI is InChI=1S/C13H16ClNO2S/c1-15(8-10-2-4-11(14)5-3-10)12(16)13(17)6-7-18-9-13/h2-5,17H,6-9H2,1H3. The van der Waals surface area contributed by atoms with E-state index in [2.05, 4.69) is 0 Å². The highest BCUT2D eigenvalue weighted by Crippen LogP contribution is 2.29. The van der Waals surface area contributed by atoms with Crippen molar-refractivity contribution >= 4 is 29.3 Å². The number of hydrogen-bond acceptors (Lipinski definition) is 3. The molecule has 0 spiro atoms. The van der Waals surface area contributed by atoms with Crippen LogP contribution in [0.5, 0.6) is 0 Å². The third-order valence-electron chi connectivity index (χ3n) is 3.08. The van der Waals surface area contributed by atoms with Crippen molar-refractivity contribution in [3.63, 3.8) is 0 Å². The summed E-state index contributed by atoms with van der Waals surface area (Å²) < 4.78 is 0. The zero-order valence-corrected chi connectivity index (χ0v) is 11.8. The molecule has 1 atom stereocenters. The molecule has 98 valence electrons. The number of carbonyl (C=O) groups is 1. The Morgan fingerprint density at radius 1 is 1.50 bits per heavy atom. The third-order valence-corrected chi connectivity index (χ3v) is 4.51. The number of nitrogens with zero attached hydrogens (tertiary/aromatic N) is 1. The van der Waals surface area contributed by atoms with Gasteiger partial charge in [-0.25, -0.2) is 0 Å². The van der Waals surface area contributed by atoms with Gasteiger partial charge in [0.25, 0.3) is 5.91 Å². The van der Waals surface area contributed by atoms with E-state index in [1.807, 2.05) is 12.1 Å². The Bertz CT molecular complexity index is 429. The lowest BCUT2D eigenvalue weighted by molar-refractivity contribution is -0.147. The zero-order chi connectivity index (χ0) is 13.2. The molecule has 0 aliphatic carbocycles. The molecule has 0 saturated carbocycles. The minimum atomic E-state index is -1.17. The topological polar surface area (TPSA) is 40.5 Å². The molecule has 1 fully saturated rings. The molecule has 1 N–H and O–H groups in total. The summed E-state index contributed by atoms with van der Waals surface area (Å²) >= 11 is 7.43. The third kappa shape index (κ3) is 2.99. The second-order valence-electron chi connectivity index (χ2n) is 4.62. The van der Waals surface area contributed by atoms with E-state index in [0.29, 0.717) is 23.7 Å². The molecule has 1 aliphatic rings. The van der Waals surface area contributed by atoms with Crippen LogP contribution in [-0.4, -0.2) is 40.1 Å². The normalized spacial score (nSPS) is 23.1. The maximum atomic E-state index is 12.2. The van der Waals surface area contributed by atoms with Crippen LogP contribution in [0.2, 0.25) is 5.02 Å². The maximum Gasteiger partial charge on any atom is 0.255 e. The predicted molar refractivity (Wildman–Crippen MR) is 74.8 cm³/mol. The Labute approximate surface area is 116 Å². The summed E-state index contributed by atoms with van der Waals surface area (Å²) in [6.45, 7) is 0.489. The molecule has 1 unspecified atom stereocenters. The Hall–Kier alpha value is -0.710. The van der Waals surface area contributed by atoms with Crippen LogP contribution >= 0.6 is 23.4 Å². The summed E-state index contributed by atoms with van der Waals surface area (Å²) in [7, 11) is 1.72. The van der Waals surface area contributed by atoms with Crippen molar-refractivity contribution in [2.24, 2.45) is 0 Å². The second-order valence-corrected chi connectivity index (χ2v) is 6.16. The van der Waals surface area contributed by atoms with E-state index in [4.69, 9.17) is 11.6 Å². The Morgan fingerprint density at radius 2 is 2.17 bits per heavy atom. The summed E-state index contributed by atoms with van der Waals surface area (Å²) in [5, 5.41) is 10.9. The van der Waals surface area contributed by atoms with Gasteiger partial charge in [-0.05, 0) is 29.9 Å². The van der Waals surface area contributed by atoms with E-state index < -0.39 is 5.60 Å². The van der Waals surface area contributed by atoms with Gasteiger partial charge in [0.05, 0.1) is 0 Å².